The number of methoxy groups -OCH3 is 2. The molecule has 1 fully saturated rings. The summed E-state index contributed by atoms with van der Waals surface area (Å²) in [5, 5.41) is 3.16. The summed E-state index contributed by atoms with van der Waals surface area (Å²) in [5.74, 6) is 1.15. The van der Waals surface area contributed by atoms with E-state index in [0.717, 1.165) is 29.8 Å². The van der Waals surface area contributed by atoms with Gasteiger partial charge in [0.15, 0.2) is 11.5 Å². The number of ether oxygens (including phenoxy) is 3. The molecular formula is C22H24N2O4. The Morgan fingerprint density at radius 1 is 1.07 bits per heavy atom. The molecule has 2 aliphatic rings. The zero-order valence-corrected chi connectivity index (χ0v) is 16.1. The first-order valence-corrected chi connectivity index (χ1v) is 9.37. The number of carbonyl (C=O) groups excluding carboxylic acids is 1. The van der Waals surface area contributed by atoms with E-state index in [0.29, 0.717) is 30.3 Å². The summed E-state index contributed by atoms with van der Waals surface area (Å²) in [5.41, 5.74) is 3.50. The number of fused-ring (bicyclic) bond motifs is 1. The summed E-state index contributed by atoms with van der Waals surface area (Å²) in [7, 11) is 3.22. The molecule has 0 aliphatic carbocycles. The third-order valence-electron chi connectivity index (χ3n) is 5.17. The Hall–Kier alpha value is -2.99. The molecule has 1 N–H and O–H groups in total. The number of benzene rings is 2. The highest BCUT2D eigenvalue weighted by Crippen LogP contribution is 2.41. The van der Waals surface area contributed by atoms with Crippen molar-refractivity contribution in [3.8, 4) is 11.5 Å². The van der Waals surface area contributed by atoms with Crippen molar-refractivity contribution in [2.24, 2.45) is 0 Å². The molecule has 2 heterocycles. The fourth-order valence-corrected chi connectivity index (χ4v) is 3.70. The van der Waals surface area contributed by atoms with Gasteiger partial charge in [0.25, 0.3) is 5.91 Å². The summed E-state index contributed by atoms with van der Waals surface area (Å²) in [6.45, 7) is 2.86. The van der Waals surface area contributed by atoms with Crippen molar-refractivity contribution in [3.05, 3.63) is 65.4 Å². The topological polar surface area (TPSA) is 60.0 Å². The van der Waals surface area contributed by atoms with Gasteiger partial charge in [-0.3, -0.25) is 4.79 Å². The maximum absolute atomic E-state index is 13.1. The maximum Gasteiger partial charge on any atom is 0.254 e. The van der Waals surface area contributed by atoms with Crippen LogP contribution < -0.4 is 14.8 Å². The molecule has 0 aromatic heterocycles. The van der Waals surface area contributed by atoms with Gasteiger partial charge >= 0.3 is 0 Å². The second kappa shape index (κ2) is 7.94. The molecule has 6 nitrogen and oxygen atoms in total. The van der Waals surface area contributed by atoms with Gasteiger partial charge in [-0.2, -0.15) is 0 Å². The van der Waals surface area contributed by atoms with E-state index in [9.17, 15) is 4.79 Å². The lowest BCUT2D eigenvalue weighted by Gasteiger charge is -2.32. The molecule has 0 spiro atoms. The molecule has 1 amide bonds. The van der Waals surface area contributed by atoms with E-state index < -0.39 is 0 Å². The standard InChI is InChI=1S/C22H24N2O4/c1-26-19-12-16-17(13-20(19)27-2)21(15-6-4-3-5-7-15)23-22(25)18(16)14-24-8-10-28-11-9-24/h3-7,12-14,21H,8-11H2,1-2H3,(H,23,25)/b18-14-. The molecule has 28 heavy (non-hydrogen) atoms. The van der Waals surface area contributed by atoms with E-state index in [2.05, 4.69) is 10.2 Å². The highest BCUT2D eigenvalue weighted by atomic mass is 16.5. The van der Waals surface area contributed by atoms with E-state index >= 15 is 0 Å². The highest BCUT2D eigenvalue weighted by molar-refractivity contribution is 6.21. The quantitative estimate of drug-likeness (QED) is 0.827. The minimum absolute atomic E-state index is 0.0972. The lowest BCUT2D eigenvalue weighted by atomic mass is 9.86. The predicted molar refractivity (Wildman–Crippen MR) is 106 cm³/mol. The highest BCUT2D eigenvalue weighted by Gasteiger charge is 2.32. The van der Waals surface area contributed by atoms with Gasteiger partial charge in [0, 0.05) is 19.3 Å². The van der Waals surface area contributed by atoms with Crippen LogP contribution in [0.1, 0.15) is 22.7 Å². The average molecular weight is 380 g/mol. The van der Waals surface area contributed by atoms with Gasteiger partial charge in [-0.15, -0.1) is 0 Å². The Balaban J connectivity index is 1.85. The van der Waals surface area contributed by atoms with Gasteiger partial charge in [-0.05, 0) is 28.8 Å². The van der Waals surface area contributed by atoms with Gasteiger partial charge in [0.1, 0.15) is 0 Å². The summed E-state index contributed by atoms with van der Waals surface area (Å²) in [6, 6.07) is 13.6. The first-order valence-electron chi connectivity index (χ1n) is 9.37. The Morgan fingerprint density at radius 2 is 1.75 bits per heavy atom. The van der Waals surface area contributed by atoms with Crippen LogP contribution in [-0.4, -0.2) is 51.3 Å². The molecule has 2 aliphatic heterocycles. The molecule has 4 rings (SSSR count). The van der Waals surface area contributed by atoms with Gasteiger partial charge in [0.2, 0.25) is 0 Å². The predicted octanol–water partition coefficient (Wildman–Crippen LogP) is 2.60. The minimum Gasteiger partial charge on any atom is -0.493 e. The molecule has 6 heteroatoms. The number of nitrogens with one attached hydrogen (secondary N) is 1. The molecule has 0 bridgehead atoms. The Kier molecular flexibility index (Phi) is 5.21. The zero-order valence-electron chi connectivity index (χ0n) is 16.1. The van der Waals surface area contributed by atoms with Crippen molar-refractivity contribution < 1.29 is 19.0 Å². The summed E-state index contributed by atoms with van der Waals surface area (Å²) in [6.07, 6.45) is 1.93. The van der Waals surface area contributed by atoms with E-state index in [1.54, 1.807) is 14.2 Å². The number of carbonyl (C=O) groups is 1. The van der Waals surface area contributed by atoms with Gasteiger partial charge in [-0.1, -0.05) is 30.3 Å². The van der Waals surface area contributed by atoms with Crippen LogP contribution in [0.3, 0.4) is 0 Å². The number of rotatable bonds is 4. The number of amides is 1. The van der Waals surface area contributed by atoms with Crippen LogP contribution >= 0.6 is 0 Å². The smallest absolute Gasteiger partial charge is 0.254 e. The Labute approximate surface area is 164 Å². The van der Waals surface area contributed by atoms with Crippen molar-refractivity contribution in [1.82, 2.24) is 10.2 Å². The minimum atomic E-state index is -0.245. The molecule has 1 atom stereocenters. The molecule has 0 saturated carbocycles. The van der Waals surface area contributed by atoms with Crippen molar-refractivity contribution in [3.63, 3.8) is 0 Å². The van der Waals surface area contributed by atoms with E-state index in [1.165, 1.54) is 0 Å². The number of nitrogens with zero attached hydrogens (tertiary/aromatic N) is 1. The van der Waals surface area contributed by atoms with E-state index in [1.807, 2.05) is 48.7 Å². The first kappa shape index (κ1) is 18.4. The van der Waals surface area contributed by atoms with Crippen LogP contribution in [0, 0.1) is 0 Å². The van der Waals surface area contributed by atoms with E-state index in [4.69, 9.17) is 14.2 Å². The summed E-state index contributed by atoms with van der Waals surface area (Å²) < 4.78 is 16.4. The SMILES string of the molecule is COc1cc2c(cc1OC)C(c1ccccc1)NC(=O)/C2=C\N1CCOCC1. The average Bonchev–Trinajstić information content (AvgIpc) is 2.76. The summed E-state index contributed by atoms with van der Waals surface area (Å²) >= 11 is 0. The van der Waals surface area contributed by atoms with Crippen molar-refractivity contribution in [2.75, 3.05) is 40.5 Å². The lowest BCUT2D eigenvalue weighted by Crippen LogP contribution is -2.37. The largest absolute Gasteiger partial charge is 0.493 e. The normalized spacial score (nSPS) is 20.5. The lowest BCUT2D eigenvalue weighted by molar-refractivity contribution is -0.116. The number of hydrogen-bond donors (Lipinski definition) is 1. The van der Waals surface area contributed by atoms with Gasteiger partial charge in [0.05, 0.1) is 39.0 Å². The van der Waals surface area contributed by atoms with Crippen LogP contribution in [0.25, 0.3) is 5.57 Å². The second-order valence-electron chi connectivity index (χ2n) is 6.80. The van der Waals surface area contributed by atoms with Gasteiger partial charge < -0.3 is 24.4 Å². The third-order valence-corrected chi connectivity index (χ3v) is 5.17. The fourth-order valence-electron chi connectivity index (χ4n) is 3.70. The van der Waals surface area contributed by atoms with Crippen LogP contribution in [0.2, 0.25) is 0 Å². The summed E-state index contributed by atoms with van der Waals surface area (Å²) in [4.78, 5) is 15.2. The van der Waals surface area contributed by atoms with Crippen LogP contribution in [0.15, 0.2) is 48.7 Å². The number of morpholine rings is 1. The van der Waals surface area contributed by atoms with Crippen molar-refractivity contribution >= 4 is 11.5 Å². The second-order valence-corrected chi connectivity index (χ2v) is 6.80. The Morgan fingerprint density at radius 3 is 2.43 bits per heavy atom. The zero-order chi connectivity index (χ0) is 19.5. The van der Waals surface area contributed by atoms with Crippen molar-refractivity contribution in [1.29, 1.82) is 0 Å². The Bertz CT molecular complexity index is 889. The molecule has 1 unspecified atom stereocenters. The molecule has 146 valence electrons. The third kappa shape index (κ3) is 3.43. The molecule has 1 saturated heterocycles. The number of hydrogen-bond acceptors (Lipinski definition) is 5. The monoisotopic (exact) mass is 380 g/mol. The molecular weight excluding hydrogens is 356 g/mol. The van der Waals surface area contributed by atoms with Crippen LogP contribution in [0.4, 0.5) is 0 Å². The van der Waals surface area contributed by atoms with Gasteiger partial charge in [-0.25, -0.2) is 0 Å². The van der Waals surface area contributed by atoms with Crippen molar-refractivity contribution in [2.45, 2.75) is 6.04 Å². The molecule has 2 aromatic rings. The maximum atomic E-state index is 13.1. The van der Waals surface area contributed by atoms with E-state index in [-0.39, 0.29) is 11.9 Å². The van der Waals surface area contributed by atoms with Crippen LogP contribution in [-0.2, 0) is 9.53 Å². The first-order chi connectivity index (χ1) is 13.7. The molecule has 0 radical (unpaired) electrons. The van der Waals surface area contributed by atoms with Crippen LogP contribution in [0.5, 0.6) is 11.5 Å². The fraction of sp³-hybridized carbons (Fsp3) is 0.318. The molecule has 2 aromatic carbocycles.